The molecule has 5 heteroatoms. The van der Waals surface area contributed by atoms with E-state index >= 15 is 0 Å². The second kappa shape index (κ2) is 5.44. The quantitative estimate of drug-likeness (QED) is 0.911. The summed E-state index contributed by atoms with van der Waals surface area (Å²) >= 11 is 0. The lowest BCUT2D eigenvalue weighted by atomic mass is 10.1. The van der Waals surface area contributed by atoms with Gasteiger partial charge >= 0.3 is 5.97 Å². The molecule has 0 spiro atoms. The van der Waals surface area contributed by atoms with Gasteiger partial charge in [0.05, 0.1) is 11.1 Å². The lowest BCUT2D eigenvalue weighted by Gasteiger charge is -2.09. The fraction of sp³-hybridized carbons (Fsp3) is 0.250. The van der Waals surface area contributed by atoms with Crippen LogP contribution in [0.2, 0.25) is 0 Å². The maximum Gasteiger partial charge on any atom is 0.335 e. The molecule has 2 N–H and O–H groups in total. The number of nitrogens with zero attached hydrogens (tertiary/aromatic N) is 1. The van der Waals surface area contributed by atoms with Crippen molar-refractivity contribution in [3.8, 4) is 0 Å². The number of carboxylic acids is 1. The highest BCUT2D eigenvalue weighted by molar-refractivity contribution is 6.06. The van der Waals surface area contributed by atoms with Gasteiger partial charge in [0.1, 0.15) is 0 Å². The first-order valence-electron chi connectivity index (χ1n) is 6.59. The van der Waals surface area contributed by atoms with E-state index in [1.165, 1.54) is 6.07 Å². The Bertz CT molecular complexity index is 729. The highest BCUT2D eigenvalue weighted by Crippen LogP contribution is 2.20. The third kappa shape index (κ3) is 2.81. The fourth-order valence-corrected chi connectivity index (χ4v) is 2.21. The normalized spacial score (nSPS) is 10.5. The van der Waals surface area contributed by atoms with Gasteiger partial charge in [-0.1, -0.05) is 0 Å². The number of anilines is 1. The van der Waals surface area contributed by atoms with Crippen molar-refractivity contribution in [2.45, 2.75) is 20.8 Å². The number of carbonyl (C=O) groups is 2. The molecule has 0 saturated heterocycles. The molecule has 21 heavy (non-hydrogen) atoms. The molecule has 5 nitrogen and oxygen atoms in total. The van der Waals surface area contributed by atoms with E-state index < -0.39 is 5.97 Å². The number of aromatic carboxylic acids is 1. The first-order chi connectivity index (χ1) is 9.81. The Hall–Kier alpha value is -2.56. The molecule has 1 aromatic carbocycles. The van der Waals surface area contributed by atoms with Crippen LogP contribution in [0.25, 0.3) is 0 Å². The Morgan fingerprint density at radius 2 is 1.81 bits per heavy atom. The third-order valence-corrected chi connectivity index (χ3v) is 3.74. The lowest BCUT2D eigenvalue weighted by molar-refractivity contribution is 0.0696. The summed E-state index contributed by atoms with van der Waals surface area (Å²) in [5.41, 5.74) is 4.06. The van der Waals surface area contributed by atoms with E-state index in [4.69, 9.17) is 5.11 Å². The van der Waals surface area contributed by atoms with Crippen LogP contribution in [0.1, 0.15) is 37.7 Å². The first kappa shape index (κ1) is 14.8. The van der Waals surface area contributed by atoms with Crippen LogP contribution in [0.4, 0.5) is 5.69 Å². The number of benzene rings is 1. The van der Waals surface area contributed by atoms with Gasteiger partial charge in [-0.15, -0.1) is 0 Å². The molecular formula is C16H18N2O3. The Kier molecular flexibility index (Phi) is 3.84. The zero-order chi connectivity index (χ0) is 15.7. The van der Waals surface area contributed by atoms with Gasteiger partial charge in [0.2, 0.25) is 0 Å². The van der Waals surface area contributed by atoms with Crippen LogP contribution in [-0.2, 0) is 7.05 Å². The maximum absolute atomic E-state index is 12.3. The van der Waals surface area contributed by atoms with Crippen molar-refractivity contribution in [2.75, 3.05) is 5.32 Å². The number of carbonyl (C=O) groups excluding carboxylic acids is 1. The molecule has 1 amide bonds. The summed E-state index contributed by atoms with van der Waals surface area (Å²) in [6.45, 7) is 5.60. The van der Waals surface area contributed by atoms with Crippen molar-refractivity contribution in [1.29, 1.82) is 0 Å². The number of hydrogen-bond acceptors (Lipinski definition) is 2. The Morgan fingerprint density at radius 3 is 2.29 bits per heavy atom. The summed E-state index contributed by atoms with van der Waals surface area (Å²) in [5, 5.41) is 11.8. The number of aromatic nitrogens is 1. The summed E-state index contributed by atoms with van der Waals surface area (Å²) in [4.78, 5) is 23.2. The minimum absolute atomic E-state index is 0.192. The molecule has 2 rings (SSSR count). The van der Waals surface area contributed by atoms with Crippen molar-refractivity contribution < 1.29 is 14.7 Å². The molecule has 0 aliphatic heterocycles. The number of aryl methyl sites for hydroxylation is 2. The van der Waals surface area contributed by atoms with Gasteiger partial charge < -0.3 is 15.0 Å². The highest BCUT2D eigenvalue weighted by Gasteiger charge is 2.15. The average Bonchev–Trinajstić information content (AvgIpc) is 2.68. The molecule has 0 aliphatic rings. The lowest BCUT2D eigenvalue weighted by Crippen LogP contribution is -2.14. The minimum Gasteiger partial charge on any atom is -0.478 e. The minimum atomic E-state index is -0.981. The monoisotopic (exact) mass is 286 g/mol. The number of nitrogens with one attached hydrogen (secondary N) is 1. The number of hydrogen-bond donors (Lipinski definition) is 2. The van der Waals surface area contributed by atoms with Gasteiger partial charge in [-0.25, -0.2) is 4.79 Å². The number of carboxylic acid groups (broad SMARTS) is 1. The standard InChI is InChI=1S/C16H18N2O3/c1-9-7-12(16(20)21)5-6-14(9)17-15(19)13-8-10(2)18(4)11(13)3/h5-8H,1-4H3,(H,17,19)(H,20,21). The largest absolute Gasteiger partial charge is 0.478 e. The molecule has 0 atom stereocenters. The van der Waals surface area contributed by atoms with Gasteiger partial charge in [-0.3, -0.25) is 4.79 Å². The van der Waals surface area contributed by atoms with Crippen LogP contribution < -0.4 is 5.32 Å². The fourth-order valence-electron chi connectivity index (χ4n) is 2.21. The van der Waals surface area contributed by atoms with E-state index in [1.807, 2.05) is 31.5 Å². The van der Waals surface area contributed by atoms with E-state index in [0.29, 0.717) is 16.8 Å². The van der Waals surface area contributed by atoms with Gasteiger partial charge in [-0.2, -0.15) is 0 Å². The molecule has 110 valence electrons. The second-order valence-electron chi connectivity index (χ2n) is 5.13. The van der Waals surface area contributed by atoms with Crippen molar-refractivity contribution in [2.24, 2.45) is 7.05 Å². The van der Waals surface area contributed by atoms with E-state index in [9.17, 15) is 9.59 Å². The van der Waals surface area contributed by atoms with Crippen molar-refractivity contribution in [3.05, 3.63) is 52.3 Å². The summed E-state index contributed by atoms with van der Waals surface area (Å²) < 4.78 is 1.95. The smallest absolute Gasteiger partial charge is 0.335 e. The van der Waals surface area contributed by atoms with Crippen LogP contribution in [0.3, 0.4) is 0 Å². The molecular weight excluding hydrogens is 268 g/mol. The SMILES string of the molecule is Cc1cc(C(=O)O)ccc1NC(=O)c1cc(C)n(C)c1C. The van der Waals surface area contributed by atoms with E-state index in [-0.39, 0.29) is 11.5 Å². The molecule has 2 aromatic rings. The molecule has 1 aromatic heterocycles. The molecule has 0 radical (unpaired) electrons. The van der Waals surface area contributed by atoms with E-state index in [0.717, 1.165) is 11.4 Å². The average molecular weight is 286 g/mol. The molecule has 0 saturated carbocycles. The molecule has 1 heterocycles. The topological polar surface area (TPSA) is 71.3 Å². The molecule has 0 aliphatic carbocycles. The first-order valence-corrected chi connectivity index (χ1v) is 6.59. The summed E-state index contributed by atoms with van der Waals surface area (Å²) in [7, 11) is 1.91. The Morgan fingerprint density at radius 1 is 1.14 bits per heavy atom. The van der Waals surface area contributed by atoms with Gasteiger partial charge in [0.15, 0.2) is 0 Å². The maximum atomic E-state index is 12.3. The van der Waals surface area contributed by atoms with Crippen LogP contribution in [0, 0.1) is 20.8 Å². The Labute approximate surface area is 123 Å². The van der Waals surface area contributed by atoms with Crippen molar-refractivity contribution >= 4 is 17.6 Å². The predicted octanol–water partition coefficient (Wildman–Crippen LogP) is 2.90. The van der Waals surface area contributed by atoms with E-state index in [1.54, 1.807) is 19.1 Å². The molecule has 0 fully saturated rings. The zero-order valence-corrected chi connectivity index (χ0v) is 12.5. The van der Waals surface area contributed by atoms with Crippen LogP contribution in [0.15, 0.2) is 24.3 Å². The van der Waals surface area contributed by atoms with Gasteiger partial charge in [0, 0.05) is 24.1 Å². The molecule has 0 bridgehead atoms. The summed E-state index contributed by atoms with van der Waals surface area (Å²) in [6, 6.07) is 6.47. The predicted molar refractivity (Wildman–Crippen MR) is 81.0 cm³/mol. The van der Waals surface area contributed by atoms with Crippen LogP contribution >= 0.6 is 0 Å². The van der Waals surface area contributed by atoms with Crippen molar-refractivity contribution in [3.63, 3.8) is 0 Å². The summed E-state index contributed by atoms with van der Waals surface area (Å²) in [5.74, 6) is -1.17. The van der Waals surface area contributed by atoms with E-state index in [2.05, 4.69) is 5.32 Å². The Balaban J connectivity index is 2.27. The van der Waals surface area contributed by atoms with Crippen molar-refractivity contribution in [1.82, 2.24) is 4.57 Å². The zero-order valence-electron chi connectivity index (χ0n) is 12.5. The number of amides is 1. The highest BCUT2D eigenvalue weighted by atomic mass is 16.4. The second-order valence-corrected chi connectivity index (χ2v) is 5.13. The van der Waals surface area contributed by atoms with Gasteiger partial charge in [0.25, 0.3) is 5.91 Å². The number of rotatable bonds is 3. The third-order valence-electron chi connectivity index (χ3n) is 3.74. The summed E-state index contributed by atoms with van der Waals surface area (Å²) in [6.07, 6.45) is 0. The van der Waals surface area contributed by atoms with Crippen LogP contribution in [-0.4, -0.2) is 21.6 Å². The van der Waals surface area contributed by atoms with Gasteiger partial charge in [-0.05, 0) is 50.6 Å². The molecule has 0 unspecified atom stereocenters. The van der Waals surface area contributed by atoms with Crippen LogP contribution in [0.5, 0.6) is 0 Å².